The lowest BCUT2D eigenvalue weighted by atomic mass is 9.95. The molecule has 3 heterocycles. The predicted octanol–water partition coefficient (Wildman–Crippen LogP) is 4.17. The highest BCUT2D eigenvalue weighted by molar-refractivity contribution is 7.17. The Morgan fingerprint density at radius 3 is 2.93 bits per heavy atom. The van der Waals surface area contributed by atoms with Crippen LogP contribution >= 0.6 is 11.3 Å². The molecule has 152 valence electrons. The van der Waals surface area contributed by atoms with Gasteiger partial charge in [0.05, 0.1) is 39.2 Å². The maximum absolute atomic E-state index is 13.0. The molecule has 4 aromatic rings. The molecular formula is C22H20N4O3S. The van der Waals surface area contributed by atoms with Gasteiger partial charge in [-0.1, -0.05) is 6.07 Å². The second-order valence-electron chi connectivity index (χ2n) is 7.43. The average molecular weight is 420 g/mol. The molecule has 1 aliphatic rings. The number of thiophene rings is 1. The molecule has 8 heteroatoms. The van der Waals surface area contributed by atoms with E-state index in [9.17, 15) is 9.90 Å². The van der Waals surface area contributed by atoms with Gasteiger partial charge in [-0.2, -0.15) is 0 Å². The van der Waals surface area contributed by atoms with E-state index >= 15 is 0 Å². The molecule has 1 saturated carbocycles. The number of rotatable bonds is 4. The van der Waals surface area contributed by atoms with Gasteiger partial charge in [0, 0.05) is 29.2 Å². The van der Waals surface area contributed by atoms with E-state index < -0.39 is 0 Å². The molecule has 2 N–H and O–H groups in total. The summed E-state index contributed by atoms with van der Waals surface area (Å²) in [7, 11) is 0. The number of amides is 1. The van der Waals surface area contributed by atoms with Crippen LogP contribution in [-0.2, 0) is 0 Å². The largest absolute Gasteiger partial charge is 0.488 e. The molecule has 0 aliphatic heterocycles. The number of fused-ring (bicyclic) bond motifs is 2. The Kier molecular flexibility index (Phi) is 5.02. The van der Waals surface area contributed by atoms with Crippen molar-refractivity contribution in [2.24, 2.45) is 0 Å². The Morgan fingerprint density at radius 1 is 1.20 bits per heavy atom. The number of benzene rings is 1. The van der Waals surface area contributed by atoms with Crippen molar-refractivity contribution in [1.29, 1.82) is 0 Å². The smallest absolute Gasteiger partial charge is 0.258 e. The summed E-state index contributed by atoms with van der Waals surface area (Å²) >= 11 is 1.44. The quantitative estimate of drug-likeness (QED) is 0.514. The highest BCUT2D eigenvalue weighted by Crippen LogP contribution is 2.34. The molecule has 0 bridgehead atoms. The Bertz CT molecular complexity index is 1220. The summed E-state index contributed by atoms with van der Waals surface area (Å²) in [4.78, 5) is 25.7. The Balaban J connectivity index is 1.48. The molecule has 30 heavy (non-hydrogen) atoms. The van der Waals surface area contributed by atoms with Crippen LogP contribution in [0.1, 0.15) is 36.0 Å². The fourth-order valence-corrected chi connectivity index (χ4v) is 4.63. The lowest BCUT2D eigenvalue weighted by Gasteiger charge is -2.27. The van der Waals surface area contributed by atoms with Crippen molar-refractivity contribution in [2.75, 3.05) is 5.32 Å². The third-order valence-electron chi connectivity index (χ3n) is 5.37. The minimum atomic E-state index is -0.254. The summed E-state index contributed by atoms with van der Waals surface area (Å²) in [6.07, 6.45) is 7.63. The van der Waals surface area contributed by atoms with Gasteiger partial charge >= 0.3 is 0 Å². The zero-order chi connectivity index (χ0) is 20.5. The lowest BCUT2D eigenvalue weighted by molar-refractivity contribution is 0.0669. The third kappa shape index (κ3) is 3.71. The molecule has 0 atom stereocenters. The zero-order valence-corrected chi connectivity index (χ0v) is 16.9. The van der Waals surface area contributed by atoms with E-state index in [1.165, 1.54) is 17.7 Å². The summed E-state index contributed by atoms with van der Waals surface area (Å²) in [5, 5.41) is 15.5. The molecular weight excluding hydrogens is 400 g/mol. The molecule has 0 saturated heterocycles. The Morgan fingerprint density at radius 2 is 2.07 bits per heavy atom. The summed E-state index contributed by atoms with van der Waals surface area (Å²) < 4.78 is 7.12. The van der Waals surface area contributed by atoms with Crippen molar-refractivity contribution in [3.8, 4) is 5.75 Å². The number of aromatic nitrogens is 3. The van der Waals surface area contributed by atoms with E-state index in [1.807, 2.05) is 24.3 Å². The zero-order valence-electron chi connectivity index (χ0n) is 16.1. The van der Waals surface area contributed by atoms with Crippen LogP contribution in [0.25, 0.3) is 21.1 Å². The summed E-state index contributed by atoms with van der Waals surface area (Å²) in [5.74, 6) is 0.345. The molecule has 0 radical (unpaired) electrons. The molecule has 3 aromatic heterocycles. The predicted molar refractivity (Wildman–Crippen MR) is 116 cm³/mol. The fraction of sp³-hybridized carbons (Fsp3) is 0.273. The molecule has 1 aliphatic carbocycles. The van der Waals surface area contributed by atoms with E-state index in [0.717, 1.165) is 41.3 Å². The number of carbonyl (C=O) groups is 1. The number of hydrogen-bond acceptors (Lipinski definition) is 7. The van der Waals surface area contributed by atoms with Gasteiger partial charge in [-0.3, -0.25) is 9.78 Å². The van der Waals surface area contributed by atoms with Crippen LogP contribution in [0.5, 0.6) is 5.75 Å². The van der Waals surface area contributed by atoms with Crippen LogP contribution in [0.15, 0.2) is 48.4 Å². The first-order valence-corrected chi connectivity index (χ1v) is 10.8. The number of aliphatic hydroxyl groups is 1. The van der Waals surface area contributed by atoms with Gasteiger partial charge in [0.25, 0.3) is 5.91 Å². The number of pyridine rings is 1. The van der Waals surface area contributed by atoms with Crippen molar-refractivity contribution >= 4 is 44.1 Å². The monoisotopic (exact) mass is 420 g/mol. The number of anilines is 1. The van der Waals surface area contributed by atoms with E-state index in [-0.39, 0.29) is 18.1 Å². The summed E-state index contributed by atoms with van der Waals surface area (Å²) in [5.41, 5.74) is 2.55. The van der Waals surface area contributed by atoms with Crippen molar-refractivity contribution in [3.63, 3.8) is 0 Å². The van der Waals surface area contributed by atoms with Crippen LogP contribution in [-0.4, -0.2) is 38.2 Å². The van der Waals surface area contributed by atoms with Crippen LogP contribution in [0, 0.1) is 0 Å². The van der Waals surface area contributed by atoms with Gasteiger partial charge in [0.2, 0.25) is 0 Å². The first-order valence-electron chi connectivity index (χ1n) is 9.89. The van der Waals surface area contributed by atoms with E-state index in [0.29, 0.717) is 22.5 Å². The molecule has 7 nitrogen and oxygen atoms in total. The molecule has 1 fully saturated rings. The maximum atomic E-state index is 13.0. The second kappa shape index (κ2) is 7.97. The third-order valence-corrected chi connectivity index (χ3v) is 6.28. The number of nitrogens with one attached hydrogen (secondary N) is 1. The van der Waals surface area contributed by atoms with Gasteiger partial charge < -0.3 is 15.2 Å². The second-order valence-corrected chi connectivity index (χ2v) is 8.34. The highest BCUT2D eigenvalue weighted by Gasteiger charge is 2.23. The minimum absolute atomic E-state index is 0.0000621. The van der Waals surface area contributed by atoms with Gasteiger partial charge in [0.1, 0.15) is 12.1 Å². The van der Waals surface area contributed by atoms with Crippen molar-refractivity contribution in [2.45, 2.75) is 37.9 Å². The molecule has 0 spiro atoms. The van der Waals surface area contributed by atoms with Gasteiger partial charge in [-0.15, -0.1) is 11.3 Å². The van der Waals surface area contributed by atoms with Crippen molar-refractivity contribution in [3.05, 3.63) is 53.9 Å². The van der Waals surface area contributed by atoms with Crippen LogP contribution in [0.4, 0.5) is 5.69 Å². The first-order chi connectivity index (χ1) is 14.7. The SMILES string of the molecule is O=C(Nc1cc2cccnc2cc1O[C@H]1CC[C@@H](O)CC1)c1csc2cncnc12. The van der Waals surface area contributed by atoms with E-state index in [4.69, 9.17) is 4.74 Å². The maximum Gasteiger partial charge on any atom is 0.258 e. The van der Waals surface area contributed by atoms with Crippen LogP contribution in [0.2, 0.25) is 0 Å². The number of hydrogen-bond donors (Lipinski definition) is 2. The number of aliphatic hydroxyl groups excluding tert-OH is 1. The number of nitrogens with zero attached hydrogens (tertiary/aromatic N) is 3. The summed E-state index contributed by atoms with van der Waals surface area (Å²) in [6.45, 7) is 0. The molecule has 1 aromatic carbocycles. The molecule has 0 unspecified atom stereocenters. The van der Waals surface area contributed by atoms with E-state index in [2.05, 4.69) is 20.3 Å². The highest BCUT2D eigenvalue weighted by atomic mass is 32.1. The topological polar surface area (TPSA) is 97.2 Å². The van der Waals surface area contributed by atoms with Gasteiger partial charge in [-0.25, -0.2) is 9.97 Å². The van der Waals surface area contributed by atoms with E-state index in [1.54, 1.807) is 17.8 Å². The van der Waals surface area contributed by atoms with Crippen molar-refractivity contribution in [1.82, 2.24) is 15.0 Å². The Labute approximate surface area is 176 Å². The lowest BCUT2D eigenvalue weighted by Crippen LogP contribution is -2.27. The minimum Gasteiger partial charge on any atom is -0.488 e. The number of carbonyl (C=O) groups excluding carboxylic acids is 1. The fourth-order valence-electron chi connectivity index (χ4n) is 3.77. The van der Waals surface area contributed by atoms with Crippen LogP contribution in [0.3, 0.4) is 0 Å². The molecule has 5 rings (SSSR count). The Hall–Kier alpha value is -3.10. The van der Waals surface area contributed by atoms with Gasteiger partial charge in [-0.05, 0) is 37.8 Å². The normalized spacial score (nSPS) is 19.1. The summed E-state index contributed by atoms with van der Waals surface area (Å²) in [6, 6.07) is 7.56. The van der Waals surface area contributed by atoms with Crippen molar-refractivity contribution < 1.29 is 14.6 Å². The van der Waals surface area contributed by atoms with Gasteiger partial charge in [0.15, 0.2) is 0 Å². The molecule has 1 amide bonds. The average Bonchev–Trinajstić information content (AvgIpc) is 3.20. The standard InChI is InChI=1S/C22H20N4O3S/c27-14-3-5-15(6-4-14)29-19-9-17-13(2-1-7-24-17)8-18(19)26-22(28)16-11-30-20-10-23-12-25-21(16)20/h1-2,7-12,14-15,27H,3-6H2,(H,26,28)/t14-,15+. The van der Waals surface area contributed by atoms with Crippen LogP contribution < -0.4 is 10.1 Å². The number of ether oxygens (including phenoxy) is 1. The first kappa shape index (κ1) is 18.9.